The van der Waals surface area contributed by atoms with Gasteiger partial charge in [0.15, 0.2) is 10.6 Å². The van der Waals surface area contributed by atoms with Crippen LogP contribution in [0.1, 0.15) is 46.1 Å². The first-order valence-corrected chi connectivity index (χ1v) is 16.7. The number of hydrogen-bond donors (Lipinski definition) is 3. The number of benzene rings is 4. The molecule has 2 heterocycles. The highest BCUT2D eigenvalue weighted by Crippen LogP contribution is 2.39. The number of para-hydroxylation sites is 1. The molecule has 0 bridgehead atoms. The quantitative estimate of drug-likeness (QED) is 0.124. The van der Waals surface area contributed by atoms with Crippen LogP contribution in [0.2, 0.25) is 0 Å². The molecule has 5 aromatic rings. The summed E-state index contributed by atoms with van der Waals surface area (Å²) < 4.78 is 19.6. The van der Waals surface area contributed by atoms with Crippen LogP contribution >= 0.6 is 23.1 Å². The molecule has 11 heteroatoms. The lowest BCUT2D eigenvalue weighted by atomic mass is 10.0. The van der Waals surface area contributed by atoms with E-state index in [4.69, 9.17) is 14.2 Å². The Bertz CT molecular complexity index is 1700. The Labute approximate surface area is 276 Å². The summed E-state index contributed by atoms with van der Waals surface area (Å²) in [6.45, 7) is 2.30. The van der Waals surface area contributed by atoms with E-state index in [9.17, 15) is 9.90 Å². The van der Waals surface area contributed by atoms with Gasteiger partial charge in [0, 0.05) is 30.0 Å². The van der Waals surface area contributed by atoms with Crippen molar-refractivity contribution in [2.45, 2.75) is 49.3 Å². The maximum absolute atomic E-state index is 12.6. The molecule has 1 aliphatic rings. The maximum atomic E-state index is 12.6. The van der Waals surface area contributed by atoms with Crippen molar-refractivity contribution in [2.24, 2.45) is 0 Å². The number of carbonyl (C=O) groups excluding carboxylic acids is 1. The minimum Gasteiger partial charge on any atom is -0.457 e. The summed E-state index contributed by atoms with van der Waals surface area (Å²) in [5.74, 6) is 2.16. The summed E-state index contributed by atoms with van der Waals surface area (Å²) in [4.78, 5) is 12.6. The number of aliphatic hydroxyl groups is 1. The maximum Gasteiger partial charge on any atom is 0.319 e. The van der Waals surface area contributed by atoms with Gasteiger partial charge in [0.05, 0.1) is 18.8 Å². The lowest BCUT2D eigenvalue weighted by molar-refractivity contribution is -0.245. The van der Waals surface area contributed by atoms with Crippen LogP contribution in [-0.4, -0.2) is 33.2 Å². The van der Waals surface area contributed by atoms with Crippen molar-refractivity contribution < 1.29 is 24.1 Å². The van der Waals surface area contributed by atoms with E-state index in [1.165, 1.54) is 0 Å². The molecule has 46 heavy (non-hydrogen) atoms. The third kappa shape index (κ3) is 8.71. The Hall–Kier alpha value is -4.26. The van der Waals surface area contributed by atoms with Gasteiger partial charge in [-0.25, -0.2) is 4.79 Å². The van der Waals surface area contributed by atoms with Crippen LogP contribution in [0, 0.1) is 6.92 Å². The summed E-state index contributed by atoms with van der Waals surface area (Å²) in [5, 5.41) is 24.5. The van der Waals surface area contributed by atoms with Gasteiger partial charge in [-0.3, -0.25) is 0 Å². The van der Waals surface area contributed by atoms with Crippen molar-refractivity contribution in [3.8, 4) is 11.5 Å². The van der Waals surface area contributed by atoms with Gasteiger partial charge in [-0.1, -0.05) is 89.8 Å². The van der Waals surface area contributed by atoms with Gasteiger partial charge in [0.1, 0.15) is 16.5 Å². The third-order valence-corrected chi connectivity index (χ3v) is 9.42. The Morgan fingerprint density at radius 2 is 1.59 bits per heavy atom. The second-order valence-electron chi connectivity index (χ2n) is 10.7. The number of urea groups is 1. The predicted octanol–water partition coefficient (Wildman–Crippen LogP) is 7.79. The average molecular weight is 655 g/mol. The van der Waals surface area contributed by atoms with Crippen molar-refractivity contribution >= 4 is 34.8 Å². The Kier molecular flexibility index (Phi) is 10.6. The molecule has 3 atom stereocenters. The van der Waals surface area contributed by atoms with Crippen molar-refractivity contribution in [1.29, 1.82) is 0 Å². The van der Waals surface area contributed by atoms with Crippen molar-refractivity contribution in [3.63, 3.8) is 0 Å². The highest BCUT2D eigenvalue weighted by atomic mass is 32.2. The lowest BCUT2D eigenvalue weighted by Crippen LogP contribution is -2.31. The molecule has 4 aromatic carbocycles. The number of aromatic nitrogens is 2. The molecule has 9 nitrogen and oxygen atoms in total. The fourth-order valence-electron chi connectivity index (χ4n) is 4.90. The largest absolute Gasteiger partial charge is 0.457 e. The van der Waals surface area contributed by atoms with Crippen LogP contribution in [0.4, 0.5) is 10.5 Å². The van der Waals surface area contributed by atoms with Gasteiger partial charge >= 0.3 is 6.03 Å². The van der Waals surface area contributed by atoms with E-state index in [1.54, 1.807) is 35.2 Å². The normalized spacial score (nSPS) is 17.7. The second kappa shape index (κ2) is 15.4. The predicted molar refractivity (Wildman–Crippen MR) is 179 cm³/mol. The zero-order valence-electron chi connectivity index (χ0n) is 25.2. The van der Waals surface area contributed by atoms with E-state index >= 15 is 0 Å². The van der Waals surface area contributed by atoms with Crippen LogP contribution in [0.25, 0.3) is 0 Å². The molecule has 2 amide bonds. The molecule has 1 fully saturated rings. The lowest BCUT2D eigenvalue weighted by Gasteiger charge is -2.36. The smallest absolute Gasteiger partial charge is 0.319 e. The number of rotatable bonds is 11. The number of aryl methyl sites for hydroxylation is 1. The molecule has 0 spiro atoms. The number of nitrogens with one attached hydrogen (secondary N) is 2. The highest BCUT2D eigenvalue weighted by molar-refractivity contribution is 8.01. The van der Waals surface area contributed by atoms with Gasteiger partial charge in [-0.15, -0.1) is 10.2 Å². The van der Waals surface area contributed by atoms with Crippen LogP contribution < -0.4 is 15.4 Å². The molecular weight excluding hydrogens is 621 g/mol. The third-order valence-electron chi connectivity index (χ3n) is 7.31. The number of hydrogen-bond acceptors (Lipinski definition) is 9. The molecule has 0 unspecified atom stereocenters. The van der Waals surface area contributed by atoms with Crippen molar-refractivity contribution in [1.82, 2.24) is 15.5 Å². The summed E-state index contributed by atoms with van der Waals surface area (Å²) in [7, 11) is 0. The number of ether oxygens (including phenoxy) is 3. The summed E-state index contributed by atoms with van der Waals surface area (Å²) >= 11 is 3.21. The highest BCUT2D eigenvalue weighted by Gasteiger charge is 2.32. The van der Waals surface area contributed by atoms with Crippen molar-refractivity contribution in [3.05, 3.63) is 130 Å². The van der Waals surface area contributed by atoms with Gasteiger partial charge in [0.2, 0.25) is 0 Å². The number of anilines is 1. The first-order chi connectivity index (χ1) is 22.5. The molecular formula is C35H34N4O5S2. The molecule has 1 aliphatic heterocycles. The second-order valence-corrected chi connectivity index (χ2v) is 13.2. The number of amides is 2. The molecule has 0 aliphatic carbocycles. The molecule has 0 radical (unpaired) electrons. The van der Waals surface area contributed by atoms with Crippen molar-refractivity contribution in [2.75, 3.05) is 11.1 Å². The molecule has 3 N–H and O–H groups in total. The monoisotopic (exact) mass is 654 g/mol. The van der Waals surface area contributed by atoms with E-state index < -0.39 is 6.29 Å². The van der Waals surface area contributed by atoms with Crippen LogP contribution in [-0.2, 0) is 22.6 Å². The van der Waals surface area contributed by atoms with E-state index in [2.05, 4.69) is 20.8 Å². The topological polar surface area (TPSA) is 115 Å². The Morgan fingerprint density at radius 3 is 2.28 bits per heavy atom. The van der Waals surface area contributed by atoms with E-state index in [-0.39, 0.29) is 24.8 Å². The molecule has 6 rings (SSSR count). The van der Waals surface area contributed by atoms with E-state index in [0.717, 1.165) is 43.1 Å². The van der Waals surface area contributed by atoms with E-state index in [0.29, 0.717) is 24.4 Å². The molecule has 0 saturated carbocycles. The summed E-state index contributed by atoms with van der Waals surface area (Å²) in [6, 6.07) is 32.2. The van der Waals surface area contributed by atoms with E-state index in [1.807, 2.05) is 97.9 Å². The fourth-order valence-corrected chi connectivity index (χ4v) is 6.76. The minimum atomic E-state index is -0.558. The van der Waals surface area contributed by atoms with Gasteiger partial charge < -0.3 is 30.0 Å². The van der Waals surface area contributed by atoms with Crippen LogP contribution in [0.3, 0.4) is 0 Å². The average Bonchev–Trinajstić information content (AvgIpc) is 3.52. The van der Waals surface area contributed by atoms with Gasteiger partial charge in [-0.2, -0.15) is 0 Å². The number of aliphatic hydroxyl groups excluding tert-OH is 1. The SMILES string of the molecule is Cc1nnc(SC[C@H]2C[C@@H](c3ccc(CO)cc3)O[C@@H](c3ccc(CNC(=O)Nc4ccc(Oc5ccccc5)cc4)cc3)O2)s1. The molecule has 1 saturated heterocycles. The summed E-state index contributed by atoms with van der Waals surface area (Å²) in [6.07, 6.45) is -0.103. The van der Waals surface area contributed by atoms with Gasteiger partial charge in [-0.05, 0) is 60.0 Å². The molecule has 236 valence electrons. The first kappa shape index (κ1) is 31.7. The molecule has 1 aromatic heterocycles. The number of carbonyl (C=O) groups is 1. The Morgan fingerprint density at radius 1 is 0.891 bits per heavy atom. The standard InChI is InChI=1S/C35H34N4O5S2/c1-23-38-39-35(46-23)45-22-31-19-32(26-11-9-25(21-40)10-12-26)44-33(43-31)27-13-7-24(8-14-27)20-36-34(41)37-28-15-17-30(18-16-28)42-29-5-3-2-4-6-29/h2-18,31-33,40H,19-22H2,1H3,(H2,36,37,41)/t31-,32+,33+/m1/s1. The van der Waals surface area contributed by atoms with Gasteiger partial charge in [0.25, 0.3) is 0 Å². The number of nitrogens with zero attached hydrogens (tertiary/aromatic N) is 2. The van der Waals surface area contributed by atoms with Crippen LogP contribution in [0.15, 0.2) is 107 Å². The number of thioether (sulfide) groups is 1. The summed E-state index contributed by atoms with van der Waals surface area (Å²) in [5.41, 5.74) is 4.39. The first-order valence-electron chi connectivity index (χ1n) is 14.9. The zero-order chi connectivity index (χ0) is 31.7. The zero-order valence-corrected chi connectivity index (χ0v) is 26.8. The minimum absolute atomic E-state index is 0.00134. The fraction of sp³-hybridized carbons (Fsp3) is 0.229. The van der Waals surface area contributed by atoms with Crippen LogP contribution in [0.5, 0.6) is 11.5 Å². The Balaban J connectivity index is 1.04.